The molecule has 0 fully saturated rings. The fourth-order valence-electron chi connectivity index (χ4n) is 2.43. The predicted molar refractivity (Wildman–Crippen MR) is 76.6 cm³/mol. The van der Waals surface area contributed by atoms with Crippen LogP contribution in [0.25, 0.3) is 4.91 Å². The largest absolute Gasteiger partial charge is 0.0892 e. The molecule has 1 aliphatic heterocycles. The predicted octanol–water partition coefficient (Wildman–Crippen LogP) is 5.16. The van der Waals surface area contributed by atoms with Gasteiger partial charge in [-0.25, -0.2) is 0 Å². The van der Waals surface area contributed by atoms with E-state index in [0.29, 0.717) is 0 Å². The lowest BCUT2D eigenvalue weighted by molar-refractivity contribution is 0.779. The zero-order valence-corrected chi connectivity index (χ0v) is 10.9. The van der Waals surface area contributed by atoms with Gasteiger partial charge in [-0.3, -0.25) is 0 Å². The molecule has 1 heteroatoms. The zero-order valence-electron chi connectivity index (χ0n) is 10.1. The second kappa shape index (κ2) is 4.58. The lowest BCUT2D eigenvalue weighted by Gasteiger charge is -2.24. The summed E-state index contributed by atoms with van der Waals surface area (Å²) in [6, 6.07) is 10.7. The Labute approximate surface area is 107 Å². The summed E-state index contributed by atoms with van der Waals surface area (Å²) in [4.78, 5) is 2.91. The minimum atomic E-state index is 1.25. The van der Waals surface area contributed by atoms with E-state index in [2.05, 4.69) is 49.4 Å². The Morgan fingerprint density at radius 1 is 1.00 bits per heavy atom. The topological polar surface area (TPSA) is 0 Å². The fourth-order valence-corrected chi connectivity index (χ4v) is 3.62. The minimum absolute atomic E-state index is 1.25. The first-order chi connectivity index (χ1) is 8.34. The molecule has 86 valence electrons. The van der Waals surface area contributed by atoms with Gasteiger partial charge in [0.2, 0.25) is 0 Å². The van der Waals surface area contributed by atoms with Crippen molar-refractivity contribution in [1.29, 1.82) is 0 Å². The average molecular weight is 240 g/mol. The number of rotatable bonds is 1. The molecule has 0 nitrogen and oxygen atoms in total. The third-order valence-electron chi connectivity index (χ3n) is 3.38. The molecule has 0 saturated heterocycles. The van der Waals surface area contributed by atoms with E-state index in [1.54, 1.807) is 11.1 Å². The number of hydrogen-bond acceptors (Lipinski definition) is 1. The third kappa shape index (κ3) is 2.12. The number of benzene rings is 1. The Morgan fingerprint density at radius 2 is 1.82 bits per heavy atom. The Bertz CT molecular complexity index is 518. The van der Waals surface area contributed by atoms with Gasteiger partial charge in [0, 0.05) is 9.81 Å². The highest BCUT2D eigenvalue weighted by molar-refractivity contribution is 8.12. The Hall–Kier alpha value is -1.21. The molecule has 0 N–H and O–H groups in total. The number of thioether (sulfide) groups is 1. The smallest absolute Gasteiger partial charge is 0.0195 e. The molecule has 0 radical (unpaired) electrons. The molecule has 0 atom stereocenters. The standard InChI is InChI=1S/C16H16S/c1-12-6-5-9-14-10-11-15(17-16(12)14)13-7-3-2-4-8-13/h2-4,7-8,10-11H,5-6,9H2,1H3. The highest BCUT2D eigenvalue weighted by Gasteiger charge is 2.19. The SMILES string of the molecule is CC1=C2SC(c3ccccc3)=CC=C2CCC1. The van der Waals surface area contributed by atoms with Crippen LogP contribution in [0.1, 0.15) is 31.7 Å². The van der Waals surface area contributed by atoms with E-state index < -0.39 is 0 Å². The van der Waals surface area contributed by atoms with Crippen LogP contribution in [0.15, 0.2) is 58.5 Å². The Morgan fingerprint density at radius 3 is 2.65 bits per heavy atom. The summed E-state index contributed by atoms with van der Waals surface area (Å²) >= 11 is 1.95. The van der Waals surface area contributed by atoms with Gasteiger partial charge in [0.15, 0.2) is 0 Å². The highest BCUT2D eigenvalue weighted by atomic mass is 32.2. The molecule has 0 spiro atoms. The number of allylic oxidation sites excluding steroid dienone is 4. The van der Waals surface area contributed by atoms with E-state index in [1.165, 1.54) is 34.6 Å². The van der Waals surface area contributed by atoms with E-state index in [4.69, 9.17) is 0 Å². The maximum atomic E-state index is 2.32. The van der Waals surface area contributed by atoms with Crippen molar-refractivity contribution in [3.8, 4) is 0 Å². The van der Waals surface area contributed by atoms with Gasteiger partial charge < -0.3 is 0 Å². The zero-order chi connectivity index (χ0) is 11.7. The van der Waals surface area contributed by atoms with Crippen molar-refractivity contribution in [2.45, 2.75) is 26.2 Å². The monoisotopic (exact) mass is 240 g/mol. The molecule has 1 aromatic rings. The van der Waals surface area contributed by atoms with E-state index in [-0.39, 0.29) is 0 Å². The van der Waals surface area contributed by atoms with E-state index >= 15 is 0 Å². The third-order valence-corrected chi connectivity index (χ3v) is 4.79. The molecule has 1 aliphatic carbocycles. The molecule has 0 bridgehead atoms. The van der Waals surface area contributed by atoms with Gasteiger partial charge in [0.05, 0.1) is 0 Å². The average Bonchev–Trinajstić information content (AvgIpc) is 2.40. The van der Waals surface area contributed by atoms with Crippen LogP contribution in [0.4, 0.5) is 0 Å². The summed E-state index contributed by atoms with van der Waals surface area (Å²) in [5, 5.41) is 0. The van der Waals surface area contributed by atoms with Crippen molar-refractivity contribution in [1.82, 2.24) is 0 Å². The van der Waals surface area contributed by atoms with Gasteiger partial charge in [-0.15, -0.1) is 0 Å². The molecule has 0 amide bonds. The van der Waals surface area contributed by atoms with Gasteiger partial charge in [-0.2, -0.15) is 0 Å². The lowest BCUT2D eigenvalue weighted by Crippen LogP contribution is -2.01. The summed E-state index contributed by atoms with van der Waals surface area (Å²) < 4.78 is 0. The fraction of sp³-hybridized carbons (Fsp3) is 0.250. The van der Waals surface area contributed by atoms with Crippen LogP contribution in [-0.2, 0) is 0 Å². The summed E-state index contributed by atoms with van der Waals surface area (Å²) in [7, 11) is 0. The molecule has 2 aliphatic rings. The minimum Gasteiger partial charge on any atom is -0.0892 e. The van der Waals surface area contributed by atoms with Crippen LogP contribution in [0.2, 0.25) is 0 Å². The Balaban J connectivity index is 1.99. The molecule has 0 unspecified atom stereocenters. The molecule has 1 heterocycles. The first-order valence-electron chi connectivity index (χ1n) is 6.19. The molecule has 3 rings (SSSR count). The van der Waals surface area contributed by atoms with E-state index in [9.17, 15) is 0 Å². The van der Waals surface area contributed by atoms with Crippen LogP contribution < -0.4 is 0 Å². The van der Waals surface area contributed by atoms with Crippen molar-refractivity contribution in [2.24, 2.45) is 0 Å². The van der Waals surface area contributed by atoms with Crippen LogP contribution in [0, 0.1) is 0 Å². The van der Waals surface area contributed by atoms with E-state index in [0.717, 1.165) is 0 Å². The van der Waals surface area contributed by atoms with Crippen LogP contribution in [-0.4, -0.2) is 0 Å². The molecular weight excluding hydrogens is 224 g/mol. The van der Waals surface area contributed by atoms with Crippen LogP contribution in [0.3, 0.4) is 0 Å². The molecular formula is C16H16S. The van der Waals surface area contributed by atoms with Crippen molar-refractivity contribution in [3.63, 3.8) is 0 Å². The first kappa shape index (κ1) is 10.9. The Kier molecular flexibility index (Phi) is 2.94. The van der Waals surface area contributed by atoms with E-state index in [1.807, 2.05) is 11.8 Å². The second-order valence-corrected chi connectivity index (χ2v) is 5.71. The number of fused-ring (bicyclic) bond motifs is 1. The quantitative estimate of drug-likeness (QED) is 0.653. The summed E-state index contributed by atoms with van der Waals surface area (Å²) in [5.74, 6) is 0. The van der Waals surface area contributed by atoms with Gasteiger partial charge in [0.1, 0.15) is 0 Å². The van der Waals surface area contributed by atoms with Crippen molar-refractivity contribution < 1.29 is 0 Å². The molecule has 17 heavy (non-hydrogen) atoms. The normalized spacial score (nSPS) is 19.6. The van der Waals surface area contributed by atoms with Crippen molar-refractivity contribution in [2.75, 3.05) is 0 Å². The van der Waals surface area contributed by atoms with Crippen LogP contribution in [0.5, 0.6) is 0 Å². The van der Waals surface area contributed by atoms with Gasteiger partial charge in [-0.1, -0.05) is 53.7 Å². The first-order valence-corrected chi connectivity index (χ1v) is 7.00. The van der Waals surface area contributed by atoms with Gasteiger partial charge in [0.25, 0.3) is 0 Å². The summed E-state index contributed by atoms with van der Waals surface area (Å²) in [6.45, 7) is 2.28. The maximum Gasteiger partial charge on any atom is 0.0195 e. The summed E-state index contributed by atoms with van der Waals surface area (Å²) in [6.07, 6.45) is 8.42. The van der Waals surface area contributed by atoms with Crippen LogP contribution >= 0.6 is 11.8 Å². The summed E-state index contributed by atoms with van der Waals surface area (Å²) in [5.41, 5.74) is 4.44. The van der Waals surface area contributed by atoms with Gasteiger partial charge >= 0.3 is 0 Å². The van der Waals surface area contributed by atoms with Crippen molar-refractivity contribution in [3.05, 3.63) is 64.1 Å². The maximum absolute atomic E-state index is 2.32. The molecule has 0 saturated carbocycles. The number of hydrogen-bond donors (Lipinski definition) is 0. The molecule has 0 aromatic heterocycles. The van der Waals surface area contributed by atoms with Gasteiger partial charge in [-0.05, 0) is 43.4 Å². The highest BCUT2D eigenvalue weighted by Crippen LogP contribution is 2.46. The lowest BCUT2D eigenvalue weighted by atomic mass is 9.95. The molecule has 1 aromatic carbocycles. The van der Waals surface area contributed by atoms with Crippen molar-refractivity contribution >= 4 is 16.7 Å². The second-order valence-electron chi connectivity index (χ2n) is 4.65.